The van der Waals surface area contributed by atoms with Crippen molar-refractivity contribution in [3.05, 3.63) is 42.5 Å². The van der Waals surface area contributed by atoms with Gasteiger partial charge in [0.1, 0.15) is 17.0 Å². The van der Waals surface area contributed by atoms with Crippen LogP contribution in [-0.4, -0.2) is 32.2 Å². The molecule has 2 aromatic carbocycles. The van der Waals surface area contributed by atoms with Crippen LogP contribution in [0.5, 0.6) is 0 Å². The lowest BCUT2D eigenvalue weighted by Gasteiger charge is -2.29. The van der Waals surface area contributed by atoms with Crippen LogP contribution in [0.1, 0.15) is 40.5 Å². The number of hydrogen-bond donors (Lipinski definition) is 1. The average molecular weight is 376 g/mol. The van der Waals surface area contributed by atoms with Crippen molar-refractivity contribution in [2.75, 3.05) is 6.54 Å². The molecule has 2 unspecified atom stereocenters. The summed E-state index contributed by atoms with van der Waals surface area (Å²) in [4.78, 5) is 12.5. The Hall–Kier alpha value is -1.72. The van der Waals surface area contributed by atoms with E-state index in [9.17, 15) is 14.1 Å². The van der Waals surface area contributed by atoms with Gasteiger partial charge in [-0.15, -0.1) is 0 Å². The third-order valence-electron chi connectivity index (χ3n) is 4.39. The molecule has 0 saturated heterocycles. The zero-order chi connectivity index (χ0) is 19.3. The van der Waals surface area contributed by atoms with Gasteiger partial charge < -0.3 is 5.11 Å². The molecule has 2 atom stereocenters. The fourth-order valence-corrected chi connectivity index (χ4v) is 4.30. The number of carbonyl (C=O) groups is 1. The topological polar surface area (TPSA) is 57.6 Å². The maximum absolute atomic E-state index is 13.3. The van der Waals surface area contributed by atoms with Gasteiger partial charge in [0.25, 0.3) is 0 Å². The van der Waals surface area contributed by atoms with Gasteiger partial charge in [-0.25, -0.2) is 8.51 Å². The molecule has 2 rings (SSSR count). The summed E-state index contributed by atoms with van der Waals surface area (Å²) in [6.07, 6.45) is 1.29. The Labute approximate surface area is 158 Å². The van der Waals surface area contributed by atoms with Gasteiger partial charge in [0, 0.05) is 6.54 Å². The monoisotopic (exact) mass is 375 g/mol. The van der Waals surface area contributed by atoms with Crippen LogP contribution in [0.2, 0.25) is 0 Å². The highest BCUT2D eigenvalue weighted by Gasteiger charge is 2.31. The molecule has 0 radical (unpaired) electrons. The normalized spacial score (nSPS) is 14.3. The molecule has 0 aliphatic rings. The van der Waals surface area contributed by atoms with Crippen molar-refractivity contribution in [1.29, 1.82) is 0 Å². The average Bonchev–Trinajstić information content (AvgIpc) is 2.59. The van der Waals surface area contributed by atoms with E-state index in [1.54, 1.807) is 4.31 Å². The minimum absolute atomic E-state index is 0.214. The Bertz CT molecular complexity index is 773. The first kappa shape index (κ1) is 20.6. The number of rotatable bonds is 9. The first-order valence-electron chi connectivity index (χ1n) is 9.19. The second kappa shape index (κ2) is 9.28. The number of hydrogen-bond acceptors (Lipinski definition) is 2. The molecule has 142 valence electrons. The molecule has 5 heteroatoms. The molecule has 0 fully saturated rings. The number of aliphatic carboxylic acids is 1. The molecule has 0 aliphatic heterocycles. The Morgan fingerprint density at radius 2 is 1.69 bits per heavy atom. The summed E-state index contributed by atoms with van der Waals surface area (Å²) in [6.45, 7) is 8.68. The van der Waals surface area contributed by atoms with Gasteiger partial charge in [0.15, 0.2) is 0 Å². The largest absolute Gasteiger partial charge is 0.480 e. The van der Waals surface area contributed by atoms with Gasteiger partial charge in [-0.2, -0.15) is 0 Å². The first-order valence-corrected chi connectivity index (χ1v) is 10.3. The van der Waals surface area contributed by atoms with E-state index in [2.05, 4.69) is 13.8 Å². The van der Waals surface area contributed by atoms with Crippen molar-refractivity contribution in [2.24, 2.45) is 11.8 Å². The lowest BCUT2D eigenvalue weighted by molar-refractivity contribution is -0.142. The third kappa shape index (κ3) is 5.39. The predicted molar refractivity (Wildman–Crippen MR) is 107 cm³/mol. The van der Waals surface area contributed by atoms with Gasteiger partial charge in [-0.3, -0.25) is 4.79 Å². The molecule has 1 N–H and O–H groups in total. The van der Waals surface area contributed by atoms with Crippen LogP contribution in [0.15, 0.2) is 47.4 Å². The van der Waals surface area contributed by atoms with Crippen LogP contribution in [0.25, 0.3) is 10.8 Å². The van der Waals surface area contributed by atoms with E-state index in [1.807, 2.05) is 56.3 Å². The van der Waals surface area contributed by atoms with Crippen LogP contribution < -0.4 is 0 Å². The molecule has 2 aromatic rings. The molecule has 0 aliphatic carbocycles. The molecule has 0 spiro atoms. The molecular formula is C21H29NO3S. The van der Waals surface area contributed by atoms with E-state index in [-0.39, 0.29) is 5.92 Å². The van der Waals surface area contributed by atoms with Crippen molar-refractivity contribution in [1.82, 2.24) is 4.31 Å². The van der Waals surface area contributed by atoms with Gasteiger partial charge in [0.05, 0.1) is 4.90 Å². The van der Waals surface area contributed by atoms with Crippen LogP contribution in [0, 0.1) is 11.8 Å². The standard InChI is InChI=1S/C21H29NO3S/c1-15(2)11-12-22(20(21(23)24)13-16(3)4)26(25)19-10-9-17-7-5-6-8-18(17)14-19/h5-10,14-16,20H,11-13H2,1-4H3,(H,23,24). The molecule has 0 aromatic heterocycles. The molecule has 0 amide bonds. The second-order valence-corrected chi connectivity index (χ2v) is 9.00. The summed E-state index contributed by atoms with van der Waals surface area (Å²) >= 11 is 0. The first-order chi connectivity index (χ1) is 12.3. The summed E-state index contributed by atoms with van der Waals surface area (Å²) in [5.74, 6) is -0.276. The predicted octanol–water partition coefficient (Wildman–Crippen LogP) is 4.71. The Morgan fingerprint density at radius 1 is 1.04 bits per heavy atom. The maximum Gasteiger partial charge on any atom is 0.321 e. The zero-order valence-corrected chi connectivity index (χ0v) is 16.8. The van der Waals surface area contributed by atoms with Gasteiger partial charge in [-0.05, 0) is 47.6 Å². The quantitative estimate of drug-likeness (QED) is 0.690. The van der Waals surface area contributed by atoms with E-state index >= 15 is 0 Å². The summed E-state index contributed by atoms with van der Waals surface area (Å²) < 4.78 is 15.0. The van der Waals surface area contributed by atoms with Crippen LogP contribution in [0.4, 0.5) is 0 Å². The smallest absolute Gasteiger partial charge is 0.321 e. The lowest BCUT2D eigenvalue weighted by atomic mass is 10.0. The van der Waals surface area contributed by atoms with E-state index in [4.69, 9.17) is 0 Å². The second-order valence-electron chi connectivity index (χ2n) is 7.56. The highest BCUT2D eigenvalue weighted by molar-refractivity contribution is 7.82. The summed E-state index contributed by atoms with van der Waals surface area (Å²) in [7, 11) is -1.51. The summed E-state index contributed by atoms with van der Waals surface area (Å²) in [6, 6.07) is 12.9. The number of fused-ring (bicyclic) bond motifs is 1. The van der Waals surface area contributed by atoms with Crippen molar-refractivity contribution in [2.45, 2.75) is 51.5 Å². The SMILES string of the molecule is CC(C)CCN(C(CC(C)C)C(=O)O)S(=O)c1ccc2ccccc2c1. The number of carboxylic acids is 1. The van der Waals surface area contributed by atoms with E-state index in [0.717, 1.165) is 17.2 Å². The van der Waals surface area contributed by atoms with Gasteiger partial charge >= 0.3 is 5.97 Å². The number of nitrogens with zero attached hydrogens (tertiary/aromatic N) is 1. The van der Waals surface area contributed by atoms with Crippen LogP contribution >= 0.6 is 0 Å². The van der Waals surface area contributed by atoms with Crippen LogP contribution in [0.3, 0.4) is 0 Å². The van der Waals surface area contributed by atoms with Crippen molar-refractivity contribution in [3.8, 4) is 0 Å². The number of carboxylic acid groups (broad SMARTS) is 1. The Kier molecular flexibility index (Phi) is 7.35. The zero-order valence-electron chi connectivity index (χ0n) is 16.0. The van der Waals surface area contributed by atoms with E-state index in [1.165, 1.54) is 0 Å². The molecule has 26 heavy (non-hydrogen) atoms. The Morgan fingerprint density at radius 3 is 2.27 bits per heavy atom. The molecular weight excluding hydrogens is 346 g/mol. The van der Waals surface area contributed by atoms with E-state index in [0.29, 0.717) is 23.8 Å². The van der Waals surface area contributed by atoms with Gasteiger partial charge in [-0.1, -0.05) is 58.0 Å². The van der Waals surface area contributed by atoms with Crippen molar-refractivity contribution in [3.63, 3.8) is 0 Å². The highest BCUT2D eigenvalue weighted by Crippen LogP contribution is 2.23. The van der Waals surface area contributed by atoms with Crippen molar-refractivity contribution >= 4 is 27.7 Å². The van der Waals surface area contributed by atoms with Crippen LogP contribution in [-0.2, 0) is 15.8 Å². The molecule has 0 saturated carbocycles. The maximum atomic E-state index is 13.3. The highest BCUT2D eigenvalue weighted by atomic mass is 32.2. The van der Waals surface area contributed by atoms with Gasteiger partial charge in [0.2, 0.25) is 0 Å². The molecule has 0 heterocycles. The van der Waals surface area contributed by atoms with E-state index < -0.39 is 23.0 Å². The third-order valence-corrected chi connectivity index (χ3v) is 5.91. The van der Waals surface area contributed by atoms with Crippen molar-refractivity contribution < 1.29 is 14.1 Å². The molecule has 4 nitrogen and oxygen atoms in total. The molecule has 0 bridgehead atoms. The lowest BCUT2D eigenvalue weighted by Crippen LogP contribution is -2.44. The minimum Gasteiger partial charge on any atom is -0.480 e. The fourth-order valence-electron chi connectivity index (χ4n) is 2.94. The number of benzene rings is 2. The minimum atomic E-state index is -1.51. The summed E-state index contributed by atoms with van der Waals surface area (Å²) in [5, 5.41) is 11.8. The Balaban J connectivity index is 2.37. The fraction of sp³-hybridized carbons (Fsp3) is 0.476. The summed E-state index contributed by atoms with van der Waals surface area (Å²) in [5.41, 5.74) is 0.